The minimum atomic E-state index is 0.0102. The van der Waals surface area contributed by atoms with Gasteiger partial charge in [0.1, 0.15) is 0 Å². The van der Waals surface area contributed by atoms with Crippen LogP contribution < -0.4 is 0 Å². The molecule has 0 aliphatic carbocycles. The van der Waals surface area contributed by atoms with Gasteiger partial charge in [-0.2, -0.15) is 4.98 Å². The van der Waals surface area contributed by atoms with Gasteiger partial charge < -0.3 is 9.67 Å². The number of rotatable bonds is 3. The molecule has 84 valence electrons. The summed E-state index contributed by atoms with van der Waals surface area (Å²) >= 11 is 1.46. The van der Waals surface area contributed by atoms with Crippen molar-refractivity contribution in [2.75, 3.05) is 0 Å². The number of aryl methyl sites for hydroxylation is 2. The average molecular weight is 236 g/mol. The molecule has 0 bridgehead atoms. The van der Waals surface area contributed by atoms with Gasteiger partial charge in [0.15, 0.2) is 5.16 Å². The minimum absolute atomic E-state index is 0.0102. The van der Waals surface area contributed by atoms with Crippen LogP contribution in [0.4, 0.5) is 0 Å². The van der Waals surface area contributed by atoms with E-state index in [2.05, 4.69) is 15.0 Å². The summed E-state index contributed by atoms with van der Waals surface area (Å²) < 4.78 is 1.89. The largest absolute Gasteiger partial charge is 0.493 e. The van der Waals surface area contributed by atoms with Gasteiger partial charge in [-0.3, -0.25) is 0 Å². The second-order valence-corrected chi connectivity index (χ2v) is 4.41. The van der Waals surface area contributed by atoms with Crippen LogP contribution in [-0.2, 0) is 12.8 Å². The minimum Gasteiger partial charge on any atom is -0.493 e. The number of aromatic nitrogens is 4. The van der Waals surface area contributed by atoms with Gasteiger partial charge in [-0.05, 0) is 6.92 Å². The zero-order valence-corrected chi connectivity index (χ0v) is 9.90. The van der Waals surface area contributed by atoms with Crippen molar-refractivity contribution in [1.29, 1.82) is 0 Å². The smallest absolute Gasteiger partial charge is 0.215 e. The second kappa shape index (κ2) is 4.52. The predicted octanol–water partition coefficient (Wildman–Crippen LogP) is 1.52. The van der Waals surface area contributed by atoms with Crippen molar-refractivity contribution in [3.63, 3.8) is 0 Å². The van der Waals surface area contributed by atoms with E-state index in [-0.39, 0.29) is 5.88 Å². The second-order valence-electron chi connectivity index (χ2n) is 3.47. The molecule has 0 fully saturated rings. The van der Waals surface area contributed by atoms with Gasteiger partial charge in [-0.15, -0.1) is 0 Å². The molecule has 0 aliphatic heterocycles. The van der Waals surface area contributed by atoms with E-state index in [0.29, 0.717) is 10.9 Å². The third-order valence-electron chi connectivity index (χ3n) is 1.93. The van der Waals surface area contributed by atoms with E-state index in [0.717, 1.165) is 11.4 Å². The summed E-state index contributed by atoms with van der Waals surface area (Å²) in [5.74, 6) is 0.708. The number of aromatic hydroxyl groups is 1. The highest BCUT2D eigenvalue weighted by Crippen LogP contribution is 2.20. The van der Waals surface area contributed by atoms with E-state index in [1.807, 2.05) is 24.7 Å². The Morgan fingerprint density at radius 2 is 2.25 bits per heavy atom. The van der Waals surface area contributed by atoms with Gasteiger partial charge >= 0.3 is 0 Å². The van der Waals surface area contributed by atoms with Crippen LogP contribution in [0.1, 0.15) is 11.4 Å². The SMILES string of the molecule is Cc1cc(O)nc(SCc2cn(C)cn2)n1. The highest BCUT2D eigenvalue weighted by atomic mass is 32.2. The van der Waals surface area contributed by atoms with Gasteiger partial charge in [-0.1, -0.05) is 11.8 Å². The van der Waals surface area contributed by atoms with Crippen molar-refractivity contribution in [3.8, 4) is 5.88 Å². The summed E-state index contributed by atoms with van der Waals surface area (Å²) in [6.07, 6.45) is 3.70. The number of thioether (sulfide) groups is 1. The first kappa shape index (κ1) is 10.9. The molecule has 2 aromatic rings. The third-order valence-corrected chi connectivity index (χ3v) is 2.81. The maximum atomic E-state index is 9.31. The fourth-order valence-electron chi connectivity index (χ4n) is 1.27. The Hall–Kier alpha value is -1.56. The molecule has 5 nitrogen and oxygen atoms in total. The lowest BCUT2D eigenvalue weighted by Crippen LogP contribution is -1.90. The number of nitrogens with zero attached hydrogens (tertiary/aromatic N) is 4. The molecule has 0 atom stereocenters. The molecule has 0 saturated heterocycles. The lowest BCUT2D eigenvalue weighted by Gasteiger charge is -2.00. The Kier molecular flexibility index (Phi) is 3.09. The van der Waals surface area contributed by atoms with Crippen molar-refractivity contribution >= 4 is 11.8 Å². The lowest BCUT2D eigenvalue weighted by molar-refractivity contribution is 0.444. The Labute approximate surface area is 97.6 Å². The average Bonchev–Trinajstić information content (AvgIpc) is 2.60. The van der Waals surface area contributed by atoms with Crippen molar-refractivity contribution in [2.45, 2.75) is 17.8 Å². The van der Waals surface area contributed by atoms with Gasteiger partial charge in [0.25, 0.3) is 0 Å². The quantitative estimate of drug-likeness (QED) is 0.646. The van der Waals surface area contributed by atoms with Gasteiger partial charge in [0.05, 0.1) is 12.0 Å². The van der Waals surface area contributed by atoms with Crippen LogP contribution in [0.3, 0.4) is 0 Å². The van der Waals surface area contributed by atoms with Gasteiger partial charge in [-0.25, -0.2) is 9.97 Å². The molecule has 2 aromatic heterocycles. The van der Waals surface area contributed by atoms with Crippen LogP contribution in [0.5, 0.6) is 5.88 Å². The Morgan fingerprint density at radius 1 is 1.44 bits per heavy atom. The topological polar surface area (TPSA) is 63.8 Å². The molecule has 0 aliphatic rings. The number of hydrogen-bond donors (Lipinski definition) is 1. The van der Waals surface area contributed by atoms with Crippen molar-refractivity contribution < 1.29 is 5.11 Å². The van der Waals surface area contributed by atoms with Crippen molar-refractivity contribution in [2.24, 2.45) is 7.05 Å². The molecule has 2 rings (SSSR count). The maximum Gasteiger partial charge on any atom is 0.215 e. The molecule has 0 saturated carbocycles. The Bertz CT molecular complexity index is 477. The van der Waals surface area contributed by atoms with Crippen LogP contribution >= 0.6 is 11.8 Å². The highest BCUT2D eigenvalue weighted by Gasteiger charge is 2.04. The summed E-state index contributed by atoms with van der Waals surface area (Å²) in [6, 6.07) is 1.53. The summed E-state index contributed by atoms with van der Waals surface area (Å²) in [6.45, 7) is 1.83. The van der Waals surface area contributed by atoms with E-state index in [4.69, 9.17) is 0 Å². The van der Waals surface area contributed by atoms with E-state index in [1.165, 1.54) is 17.8 Å². The van der Waals surface area contributed by atoms with E-state index in [9.17, 15) is 5.11 Å². The first-order valence-corrected chi connectivity index (χ1v) is 5.76. The molecule has 0 unspecified atom stereocenters. The van der Waals surface area contributed by atoms with Crippen LogP contribution in [0.25, 0.3) is 0 Å². The van der Waals surface area contributed by atoms with Crippen molar-refractivity contribution in [3.05, 3.63) is 30.0 Å². The van der Waals surface area contributed by atoms with Gasteiger partial charge in [0.2, 0.25) is 5.88 Å². The van der Waals surface area contributed by atoms with Crippen LogP contribution in [0.2, 0.25) is 0 Å². The molecule has 2 heterocycles. The molecule has 0 spiro atoms. The standard InChI is InChI=1S/C10H12N4OS/c1-7-3-9(15)13-10(12-7)16-5-8-4-14(2)6-11-8/h3-4,6H,5H2,1-2H3,(H,12,13,15). The third kappa shape index (κ3) is 2.73. The zero-order chi connectivity index (χ0) is 11.5. The van der Waals surface area contributed by atoms with Crippen LogP contribution in [-0.4, -0.2) is 24.6 Å². The predicted molar refractivity (Wildman–Crippen MR) is 61.2 cm³/mol. The molecule has 16 heavy (non-hydrogen) atoms. The summed E-state index contributed by atoms with van der Waals surface area (Å²) in [7, 11) is 1.93. The van der Waals surface area contributed by atoms with Gasteiger partial charge in [0, 0.05) is 30.8 Å². The number of hydrogen-bond acceptors (Lipinski definition) is 5. The first-order valence-electron chi connectivity index (χ1n) is 4.78. The molecule has 0 aromatic carbocycles. The molecule has 1 N–H and O–H groups in total. The maximum absolute atomic E-state index is 9.31. The summed E-state index contributed by atoms with van der Waals surface area (Å²) in [4.78, 5) is 12.3. The molecular weight excluding hydrogens is 224 g/mol. The van der Waals surface area contributed by atoms with E-state index >= 15 is 0 Å². The van der Waals surface area contributed by atoms with Crippen molar-refractivity contribution in [1.82, 2.24) is 19.5 Å². The first-order chi connectivity index (χ1) is 7.63. The Morgan fingerprint density at radius 3 is 2.88 bits per heavy atom. The van der Waals surface area contributed by atoms with Crippen LogP contribution in [0, 0.1) is 6.92 Å². The summed E-state index contributed by atoms with van der Waals surface area (Å²) in [5, 5.41) is 9.88. The molecule has 6 heteroatoms. The Balaban J connectivity index is 2.04. The normalized spacial score (nSPS) is 10.6. The fourth-order valence-corrected chi connectivity index (χ4v) is 2.06. The highest BCUT2D eigenvalue weighted by molar-refractivity contribution is 7.98. The van der Waals surface area contributed by atoms with E-state index in [1.54, 1.807) is 6.33 Å². The number of imidazole rings is 1. The molecule has 0 radical (unpaired) electrons. The fraction of sp³-hybridized carbons (Fsp3) is 0.300. The monoisotopic (exact) mass is 236 g/mol. The zero-order valence-electron chi connectivity index (χ0n) is 9.08. The lowest BCUT2D eigenvalue weighted by atomic mass is 10.4. The summed E-state index contributed by atoms with van der Waals surface area (Å²) in [5.41, 5.74) is 1.73. The van der Waals surface area contributed by atoms with Crippen LogP contribution in [0.15, 0.2) is 23.7 Å². The molecule has 0 amide bonds. The molecular formula is C10H12N4OS. The van der Waals surface area contributed by atoms with E-state index < -0.39 is 0 Å².